The van der Waals surface area contributed by atoms with Crippen LogP contribution in [0.5, 0.6) is 0 Å². The molecular formula is C17H22N6O2S. The SMILES string of the molecule is CCCCN(CC)c1nc(N)c2c(N)nc(SCC(=O)O)cc2c1C#N. The number of pyridine rings is 2. The molecule has 26 heavy (non-hydrogen) atoms. The van der Waals surface area contributed by atoms with Gasteiger partial charge in [0.15, 0.2) is 0 Å². The molecule has 5 N–H and O–H groups in total. The Hall–Kier alpha value is -2.73. The Labute approximate surface area is 156 Å². The van der Waals surface area contributed by atoms with Gasteiger partial charge in [0.1, 0.15) is 29.1 Å². The summed E-state index contributed by atoms with van der Waals surface area (Å²) in [6, 6.07) is 3.87. The molecule has 0 saturated heterocycles. The number of carboxylic acid groups (broad SMARTS) is 1. The van der Waals surface area contributed by atoms with Crippen LogP contribution >= 0.6 is 11.8 Å². The number of nitrogens with zero attached hydrogens (tertiary/aromatic N) is 4. The summed E-state index contributed by atoms with van der Waals surface area (Å²) in [5, 5.41) is 20.0. The van der Waals surface area contributed by atoms with Crippen molar-refractivity contribution in [1.29, 1.82) is 5.26 Å². The summed E-state index contributed by atoms with van der Waals surface area (Å²) in [6.07, 6.45) is 1.99. The van der Waals surface area contributed by atoms with Crippen molar-refractivity contribution >= 4 is 46.0 Å². The number of hydrogen-bond acceptors (Lipinski definition) is 8. The molecule has 0 aromatic carbocycles. The zero-order chi connectivity index (χ0) is 19.3. The van der Waals surface area contributed by atoms with Crippen LogP contribution in [0.15, 0.2) is 11.1 Å². The van der Waals surface area contributed by atoms with Gasteiger partial charge in [-0.1, -0.05) is 25.1 Å². The van der Waals surface area contributed by atoms with Gasteiger partial charge in [-0.3, -0.25) is 4.79 Å². The van der Waals surface area contributed by atoms with Crippen molar-refractivity contribution in [3.63, 3.8) is 0 Å². The van der Waals surface area contributed by atoms with Crippen molar-refractivity contribution in [1.82, 2.24) is 9.97 Å². The Bertz CT molecular complexity index is 865. The van der Waals surface area contributed by atoms with Crippen molar-refractivity contribution in [2.45, 2.75) is 31.7 Å². The molecule has 0 radical (unpaired) electrons. The van der Waals surface area contributed by atoms with Gasteiger partial charge in [-0.25, -0.2) is 9.97 Å². The first kappa shape index (κ1) is 19.6. The molecule has 0 aliphatic rings. The molecule has 2 heterocycles. The highest BCUT2D eigenvalue weighted by molar-refractivity contribution is 7.99. The highest BCUT2D eigenvalue weighted by Crippen LogP contribution is 2.35. The van der Waals surface area contributed by atoms with E-state index in [0.29, 0.717) is 33.7 Å². The second kappa shape index (κ2) is 8.58. The first-order chi connectivity index (χ1) is 12.4. The van der Waals surface area contributed by atoms with E-state index in [0.717, 1.165) is 31.1 Å². The molecule has 2 aromatic heterocycles. The lowest BCUT2D eigenvalue weighted by atomic mass is 10.1. The number of fused-ring (bicyclic) bond motifs is 1. The maximum absolute atomic E-state index is 10.8. The number of aromatic nitrogens is 2. The molecule has 0 amide bonds. The van der Waals surface area contributed by atoms with Crippen LogP contribution in [0, 0.1) is 11.3 Å². The number of anilines is 3. The Kier molecular flexibility index (Phi) is 6.46. The van der Waals surface area contributed by atoms with Gasteiger partial charge in [-0.2, -0.15) is 5.26 Å². The van der Waals surface area contributed by atoms with Crippen molar-refractivity contribution < 1.29 is 9.90 Å². The fraction of sp³-hybridized carbons (Fsp3) is 0.412. The van der Waals surface area contributed by atoms with Crippen LogP contribution < -0.4 is 16.4 Å². The molecule has 0 bridgehead atoms. The third-order valence-corrected chi connectivity index (χ3v) is 4.81. The maximum Gasteiger partial charge on any atom is 0.313 e. The number of nitrogens with two attached hydrogens (primary N) is 2. The summed E-state index contributed by atoms with van der Waals surface area (Å²) in [7, 11) is 0. The number of aliphatic carboxylic acids is 1. The first-order valence-electron chi connectivity index (χ1n) is 8.32. The minimum atomic E-state index is -0.956. The van der Waals surface area contributed by atoms with Gasteiger partial charge in [0.25, 0.3) is 0 Å². The Morgan fingerprint density at radius 3 is 2.62 bits per heavy atom. The van der Waals surface area contributed by atoms with E-state index in [4.69, 9.17) is 16.6 Å². The molecule has 8 nitrogen and oxygen atoms in total. The number of rotatable bonds is 8. The molecule has 138 valence electrons. The van der Waals surface area contributed by atoms with Gasteiger partial charge in [0.05, 0.1) is 16.2 Å². The Morgan fingerprint density at radius 2 is 2.04 bits per heavy atom. The van der Waals surface area contributed by atoms with Crippen molar-refractivity contribution in [2.24, 2.45) is 0 Å². The van der Waals surface area contributed by atoms with Gasteiger partial charge >= 0.3 is 5.97 Å². The van der Waals surface area contributed by atoms with Crippen LogP contribution in [0.2, 0.25) is 0 Å². The van der Waals surface area contributed by atoms with E-state index < -0.39 is 5.97 Å². The fourth-order valence-electron chi connectivity index (χ4n) is 2.66. The second-order valence-corrected chi connectivity index (χ2v) is 6.69. The molecular weight excluding hydrogens is 352 g/mol. The van der Waals surface area contributed by atoms with E-state index in [1.165, 1.54) is 0 Å². The molecule has 0 spiro atoms. The average Bonchev–Trinajstić information content (AvgIpc) is 2.60. The smallest absolute Gasteiger partial charge is 0.313 e. The topological polar surface area (TPSA) is 142 Å². The van der Waals surface area contributed by atoms with Gasteiger partial charge in [0.2, 0.25) is 0 Å². The summed E-state index contributed by atoms with van der Waals surface area (Å²) < 4.78 is 0. The van der Waals surface area contributed by atoms with Crippen LogP contribution in [0.1, 0.15) is 32.3 Å². The molecule has 0 unspecified atom stereocenters. The third-order valence-electron chi connectivity index (χ3n) is 3.92. The largest absolute Gasteiger partial charge is 0.481 e. The van der Waals surface area contributed by atoms with Gasteiger partial charge < -0.3 is 21.5 Å². The Morgan fingerprint density at radius 1 is 1.35 bits per heavy atom. The molecule has 0 aliphatic heterocycles. The standard InChI is InChI=1S/C17H22N6O2S/c1-3-5-6-23(4-2)17-11(8-18)10-7-12(26-9-13(24)25)21-15(19)14(10)16(20)22-17/h7H,3-6,9H2,1-2H3,(H2,19,21)(H2,20,22)(H,24,25). The van der Waals surface area contributed by atoms with E-state index in [9.17, 15) is 10.1 Å². The zero-order valence-corrected chi connectivity index (χ0v) is 15.6. The minimum absolute atomic E-state index is 0.139. The van der Waals surface area contributed by atoms with Crippen molar-refractivity contribution in [3.05, 3.63) is 11.6 Å². The van der Waals surface area contributed by atoms with Crippen LogP contribution in [0.25, 0.3) is 10.8 Å². The maximum atomic E-state index is 10.8. The van der Waals surface area contributed by atoms with Crippen LogP contribution in [0.4, 0.5) is 17.5 Å². The monoisotopic (exact) mass is 374 g/mol. The number of nitrogen functional groups attached to an aromatic ring is 2. The predicted octanol–water partition coefficient (Wildman–Crippen LogP) is 2.47. The van der Waals surface area contributed by atoms with E-state index in [2.05, 4.69) is 23.0 Å². The van der Waals surface area contributed by atoms with Crippen LogP contribution in [-0.2, 0) is 4.79 Å². The number of thioether (sulfide) groups is 1. The summed E-state index contributed by atoms with van der Waals surface area (Å²) >= 11 is 1.04. The summed E-state index contributed by atoms with van der Waals surface area (Å²) in [5.74, 6) is -0.232. The van der Waals surface area contributed by atoms with Crippen LogP contribution in [0.3, 0.4) is 0 Å². The van der Waals surface area contributed by atoms with Crippen LogP contribution in [-0.4, -0.2) is 39.9 Å². The van der Waals surface area contributed by atoms with E-state index in [-0.39, 0.29) is 17.4 Å². The normalized spacial score (nSPS) is 10.7. The second-order valence-electron chi connectivity index (χ2n) is 5.69. The quantitative estimate of drug-likeness (QED) is 0.594. The molecule has 9 heteroatoms. The van der Waals surface area contributed by atoms with Crippen molar-refractivity contribution in [3.8, 4) is 6.07 Å². The van der Waals surface area contributed by atoms with E-state index in [1.807, 2.05) is 11.8 Å². The van der Waals surface area contributed by atoms with Crippen molar-refractivity contribution in [2.75, 3.05) is 35.2 Å². The molecule has 0 atom stereocenters. The van der Waals surface area contributed by atoms with Gasteiger partial charge in [0, 0.05) is 18.5 Å². The van der Waals surface area contributed by atoms with E-state index >= 15 is 0 Å². The minimum Gasteiger partial charge on any atom is -0.481 e. The lowest BCUT2D eigenvalue weighted by Gasteiger charge is -2.24. The van der Waals surface area contributed by atoms with Gasteiger partial charge in [-0.05, 0) is 19.4 Å². The number of carbonyl (C=O) groups is 1. The predicted molar refractivity (Wildman–Crippen MR) is 104 cm³/mol. The average molecular weight is 374 g/mol. The highest BCUT2D eigenvalue weighted by Gasteiger charge is 2.20. The number of nitriles is 1. The molecule has 2 rings (SSSR count). The lowest BCUT2D eigenvalue weighted by molar-refractivity contribution is -0.133. The zero-order valence-electron chi connectivity index (χ0n) is 14.8. The molecule has 0 aliphatic carbocycles. The first-order valence-corrected chi connectivity index (χ1v) is 9.30. The highest BCUT2D eigenvalue weighted by atomic mass is 32.2. The lowest BCUT2D eigenvalue weighted by Crippen LogP contribution is -2.26. The molecule has 0 saturated carbocycles. The molecule has 0 fully saturated rings. The number of carboxylic acids is 1. The van der Waals surface area contributed by atoms with E-state index in [1.54, 1.807) is 6.07 Å². The summed E-state index contributed by atoms with van der Waals surface area (Å²) in [4.78, 5) is 21.4. The Balaban J connectivity index is 2.65. The number of unbranched alkanes of at least 4 members (excludes halogenated alkanes) is 1. The molecule has 2 aromatic rings. The summed E-state index contributed by atoms with van der Waals surface area (Å²) in [6.45, 7) is 5.54. The third kappa shape index (κ3) is 4.08. The van der Waals surface area contributed by atoms with Gasteiger partial charge in [-0.15, -0.1) is 0 Å². The fourth-order valence-corrected chi connectivity index (χ4v) is 3.30. The number of hydrogen-bond donors (Lipinski definition) is 3. The summed E-state index contributed by atoms with van der Waals surface area (Å²) in [5.41, 5.74) is 12.5.